The molecule has 1 amide bonds. The van der Waals surface area contributed by atoms with Crippen LogP contribution in [-0.2, 0) is 22.7 Å². The maximum Gasteiger partial charge on any atom is 0.421 e. The predicted molar refractivity (Wildman–Crippen MR) is 136 cm³/mol. The van der Waals surface area contributed by atoms with Gasteiger partial charge in [0.05, 0.1) is 12.9 Å². The molecule has 1 unspecified atom stereocenters. The van der Waals surface area contributed by atoms with E-state index >= 15 is 0 Å². The fourth-order valence-electron chi connectivity index (χ4n) is 3.19. The zero-order valence-corrected chi connectivity index (χ0v) is 21.4. The van der Waals surface area contributed by atoms with E-state index in [0.29, 0.717) is 17.4 Å². The van der Waals surface area contributed by atoms with Gasteiger partial charge in [0.2, 0.25) is 16.0 Å². The number of aliphatic hydroxyl groups excluding tert-OH is 1. The van der Waals surface area contributed by atoms with Crippen LogP contribution in [0.3, 0.4) is 0 Å². The number of aromatic nitrogens is 3. The molecule has 0 radical (unpaired) electrons. The lowest BCUT2D eigenvalue weighted by Gasteiger charge is -2.20. The number of hydrogen-bond acceptors (Lipinski definition) is 9. The Morgan fingerprint density at radius 1 is 1.18 bits per heavy atom. The molecule has 15 heteroatoms. The van der Waals surface area contributed by atoms with Gasteiger partial charge in [-0.25, -0.2) is 18.4 Å². The van der Waals surface area contributed by atoms with Gasteiger partial charge in [0, 0.05) is 48.8 Å². The van der Waals surface area contributed by atoms with Crippen molar-refractivity contribution in [1.29, 1.82) is 0 Å². The molecular weight excluding hydrogens is 527 g/mol. The minimum Gasteiger partial charge on any atom is -0.394 e. The van der Waals surface area contributed by atoms with Crippen LogP contribution in [0.1, 0.15) is 28.4 Å². The second-order valence-electron chi connectivity index (χ2n) is 8.29. The van der Waals surface area contributed by atoms with Gasteiger partial charge in [0.25, 0.3) is 5.91 Å². The normalized spacial score (nSPS) is 12.5. The lowest BCUT2D eigenvalue weighted by atomic mass is 10.1. The summed E-state index contributed by atoms with van der Waals surface area (Å²) in [7, 11) is -2.38. The molecule has 0 spiro atoms. The summed E-state index contributed by atoms with van der Waals surface area (Å²) in [4.78, 5) is 24.1. The SMILES string of the molecule is CC(CO)NC(=O)c1cccc(Nc2ncc(C(F)(F)F)c(NCc3cccnc3N(C)S(C)(=O)=O)n2)c1. The lowest BCUT2D eigenvalue weighted by Crippen LogP contribution is -2.34. The highest BCUT2D eigenvalue weighted by molar-refractivity contribution is 7.92. The Balaban J connectivity index is 1.88. The number of carbonyl (C=O) groups excluding carboxylic acids is 1. The first-order chi connectivity index (χ1) is 17.8. The van der Waals surface area contributed by atoms with E-state index in [1.165, 1.54) is 37.5 Å². The molecule has 0 saturated heterocycles. The largest absolute Gasteiger partial charge is 0.421 e. The summed E-state index contributed by atoms with van der Waals surface area (Å²) in [6, 6.07) is 8.71. The zero-order chi connectivity index (χ0) is 28.1. The van der Waals surface area contributed by atoms with E-state index in [0.717, 1.165) is 10.6 Å². The average Bonchev–Trinajstić information content (AvgIpc) is 2.86. The third-order valence-electron chi connectivity index (χ3n) is 5.24. The van der Waals surface area contributed by atoms with Crippen molar-refractivity contribution in [3.05, 3.63) is 65.5 Å². The molecule has 0 fully saturated rings. The molecule has 3 rings (SSSR count). The smallest absolute Gasteiger partial charge is 0.394 e. The van der Waals surface area contributed by atoms with Crippen molar-refractivity contribution in [2.45, 2.75) is 25.7 Å². The van der Waals surface area contributed by atoms with E-state index < -0.39 is 39.5 Å². The van der Waals surface area contributed by atoms with E-state index in [-0.39, 0.29) is 30.5 Å². The van der Waals surface area contributed by atoms with E-state index in [2.05, 4.69) is 30.9 Å². The van der Waals surface area contributed by atoms with Crippen LogP contribution in [0.2, 0.25) is 0 Å². The van der Waals surface area contributed by atoms with E-state index in [1.54, 1.807) is 19.1 Å². The van der Waals surface area contributed by atoms with Gasteiger partial charge in [-0.15, -0.1) is 0 Å². The quantitative estimate of drug-likeness (QED) is 0.297. The Labute approximate surface area is 217 Å². The van der Waals surface area contributed by atoms with Crippen molar-refractivity contribution in [2.24, 2.45) is 0 Å². The number of benzene rings is 1. The minimum atomic E-state index is -4.77. The second kappa shape index (κ2) is 11.6. The Kier molecular flexibility index (Phi) is 8.73. The first-order valence-electron chi connectivity index (χ1n) is 11.1. The fourth-order valence-corrected chi connectivity index (χ4v) is 3.67. The number of aliphatic hydroxyl groups is 1. The third-order valence-corrected chi connectivity index (χ3v) is 6.40. The lowest BCUT2D eigenvalue weighted by molar-refractivity contribution is -0.137. The summed E-state index contributed by atoms with van der Waals surface area (Å²) in [6.45, 7) is 1.16. The van der Waals surface area contributed by atoms with Crippen molar-refractivity contribution in [3.8, 4) is 0 Å². The minimum absolute atomic E-state index is 0.0501. The number of alkyl halides is 3. The summed E-state index contributed by atoms with van der Waals surface area (Å²) in [6.07, 6.45) is -1.81. The van der Waals surface area contributed by atoms with Crippen molar-refractivity contribution in [2.75, 3.05) is 34.8 Å². The second-order valence-corrected chi connectivity index (χ2v) is 10.3. The number of carbonyl (C=O) groups is 1. The molecule has 0 aliphatic carbocycles. The topological polar surface area (TPSA) is 149 Å². The molecule has 2 aromatic heterocycles. The summed E-state index contributed by atoms with van der Waals surface area (Å²) in [5.41, 5.74) is -0.224. The molecule has 11 nitrogen and oxygen atoms in total. The number of amides is 1. The number of nitrogens with one attached hydrogen (secondary N) is 3. The molecule has 204 valence electrons. The van der Waals surface area contributed by atoms with Gasteiger partial charge in [-0.1, -0.05) is 12.1 Å². The predicted octanol–water partition coefficient (Wildman–Crippen LogP) is 2.75. The van der Waals surface area contributed by atoms with Crippen molar-refractivity contribution < 1.29 is 31.5 Å². The fraction of sp³-hybridized carbons (Fsp3) is 0.304. The summed E-state index contributed by atoms with van der Waals surface area (Å²) in [5.74, 6) is -1.12. The molecule has 0 saturated carbocycles. The molecule has 0 aliphatic heterocycles. The van der Waals surface area contributed by atoms with Gasteiger partial charge in [-0.3, -0.25) is 9.10 Å². The Bertz CT molecular complexity index is 1400. The van der Waals surface area contributed by atoms with Crippen molar-refractivity contribution >= 4 is 39.2 Å². The first kappa shape index (κ1) is 28.6. The Morgan fingerprint density at radius 3 is 2.58 bits per heavy atom. The number of hydrogen-bond donors (Lipinski definition) is 4. The number of pyridine rings is 1. The highest BCUT2D eigenvalue weighted by Crippen LogP contribution is 2.34. The summed E-state index contributed by atoms with van der Waals surface area (Å²) in [5, 5.41) is 17.1. The highest BCUT2D eigenvalue weighted by Gasteiger charge is 2.35. The molecule has 38 heavy (non-hydrogen) atoms. The maximum absolute atomic E-state index is 13.7. The first-order valence-corrected chi connectivity index (χ1v) is 13.0. The number of sulfonamides is 1. The number of anilines is 4. The van der Waals surface area contributed by atoms with Crippen LogP contribution in [0.25, 0.3) is 0 Å². The third kappa shape index (κ3) is 7.29. The molecule has 1 atom stereocenters. The van der Waals surface area contributed by atoms with E-state index in [4.69, 9.17) is 5.11 Å². The van der Waals surface area contributed by atoms with Crippen LogP contribution in [0.5, 0.6) is 0 Å². The molecule has 2 heterocycles. The number of rotatable bonds is 10. The summed E-state index contributed by atoms with van der Waals surface area (Å²) >= 11 is 0. The van der Waals surface area contributed by atoms with Gasteiger partial charge in [0.1, 0.15) is 17.2 Å². The van der Waals surface area contributed by atoms with Gasteiger partial charge >= 0.3 is 6.18 Å². The zero-order valence-electron chi connectivity index (χ0n) is 20.6. The van der Waals surface area contributed by atoms with Gasteiger partial charge in [0.15, 0.2) is 0 Å². The highest BCUT2D eigenvalue weighted by atomic mass is 32.2. The van der Waals surface area contributed by atoms with Gasteiger partial charge in [-0.2, -0.15) is 18.2 Å². The summed E-state index contributed by atoms with van der Waals surface area (Å²) < 4.78 is 65.8. The molecule has 4 N–H and O–H groups in total. The Hall–Kier alpha value is -3.98. The van der Waals surface area contributed by atoms with Gasteiger partial charge in [-0.05, 0) is 31.2 Å². The average molecular weight is 554 g/mol. The standard InChI is InChI=1S/C23H26F3N7O4S/c1-14(13-34)30-21(35)15-6-4-8-17(10-15)31-22-29-12-18(23(24,25)26)19(32-22)28-11-16-7-5-9-27-20(16)33(2)38(3,36)37/h4-10,12,14,34H,11,13H2,1-3H3,(H,30,35)(H2,28,29,31,32). The van der Waals surface area contributed by atoms with Crippen molar-refractivity contribution in [3.63, 3.8) is 0 Å². The molecular formula is C23H26F3N7O4S. The van der Waals surface area contributed by atoms with Crippen molar-refractivity contribution in [1.82, 2.24) is 20.3 Å². The van der Waals surface area contributed by atoms with E-state index in [9.17, 15) is 26.4 Å². The molecule has 1 aromatic carbocycles. The maximum atomic E-state index is 13.7. The van der Waals surface area contributed by atoms with Crippen LogP contribution in [-0.4, -0.2) is 60.3 Å². The molecule has 0 bridgehead atoms. The number of nitrogens with zero attached hydrogens (tertiary/aromatic N) is 4. The van der Waals surface area contributed by atoms with Crippen LogP contribution < -0.4 is 20.3 Å². The van der Waals surface area contributed by atoms with Crippen LogP contribution in [0, 0.1) is 0 Å². The van der Waals surface area contributed by atoms with Crippen LogP contribution in [0.15, 0.2) is 48.8 Å². The Morgan fingerprint density at radius 2 is 1.92 bits per heavy atom. The van der Waals surface area contributed by atoms with Crippen LogP contribution >= 0.6 is 0 Å². The monoisotopic (exact) mass is 553 g/mol. The van der Waals surface area contributed by atoms with Crippen LogP contribution in [0.4, 0.5) is 36.4 Å². The molecule has 3 aromatic rings. The van der Waals surface area contributed by atoms with Gasteiger partial charge < -0.3 is 21.1 Å². The number of halogens is 3. The van der Waals surface area contributed by atoms with E-state index in [1.807, 2.05) is 0 Å². The molecule has 0 aliphatic rings.